The van der Waals surface area contributed by atoms with Crippen LogP contribution in [0.2, 0.25) is 0 Å². The third-order valence-electron chi connectivity index (χ3n) is 4.18. The fourth-order valence-corrected chi connectivity index (χ4v) is 3.99. The summed E-state index contributed by atoms with van der Waals surface area (Å²) >= 11 is 1.45. The second-order valence-corrected chi connectivity index (χ2v) is 7.77. The van der Waals surface area contributed by atoms with Crippen molar-refractivity contribution in [2.75, 3.05) is 7.05 Å². The predicted octanol–water partition coefficient (Wildman–Crippen LogP) is 4.60. The first-order chi connectivity index (χ1) is 14.0. The van der Waals surface area contributed by atoms with E-state index in [1.165, 1.54) is 30.9 Å². The predicted molar refractivity (Wildman–Crippen MR) is 109 cm³/mol. The lowest BCUT2D eigenvalue weighted by Crippen LogP contribution is -2.20. The Labute approximate surface area is 173 Å². The molecule has 0 aliphatic heterocycles. The van der Waals surface area contributed by atoms with E-state index in [-0.39, 0.29) is 18.3 Å². The SMILES string of the molecule is CNC(=O)OCc1nc(C(C)C)c(Sc2cccc(F)c2)n1Cc1cccnc1. The number of hydrogen-bond donors (Lipinski definition) is 1. The molecule has 0 spiro atoms. The molecule has 3 aromatic rings. The molecule has 29 heavy (non-hydrogen) atoms. The van der Waals surface area contributed by atoms with Crippen LogP contribution in [0.5, 0.6) is 0 Å². The Morgan fingerprint density at radius 2 is 2.14 bits per heavy atom. The Hall–Kier alpha value is -2.87. The van der Waals surface area contributed by atoms with Crippen molar-refractivity contribution in [1.82, 2.24) is 19.9 Å². The fourth-order valence-electron chi connectivity index (χ4n) is 2.78. The van der Waals surface area contributed by atoms with E-state index in [4.69, 9.17) is 9.72 Å². The maximum Gasteiger partial charge on any atom is 0.407 e. The molecule has 1 aromatic carbocycles. The molecule has 2 aromatic heterocycles. The molecule has 8 heteroatoms. The number of benzene rings is 1. The molecular weight excluding hydrogens is 391 g/mol. The van der Waals surface area contributed by atoms with E-state index < -0.39 is 6.09 Å². The highest BCUT2D eigenvalue weighted by Gasteiger charge is 2.22. The third kappa shape index (κ3) is 5.35. The van der Waals surface area contributed by atoms with E-state index in [1.807, 2.05) is 22.8 Å². The van der Waals surface area contributed by atoms with Gasteiger partial charge in [-0.2, -0.15) is 0 Å². The van der Waals surface area contributed by atoms with Gasteiger partial charge in [-0.1, -0.05) is 37.7 Å². The number of ether oxygens (including phenoxy) is 1. The van der Waals surface area contributed by atoms with Gasteiger partial charge in [-0.05, 0) is 35.7 Å². The summed E-state index contributed by atoms with van der Waals surface area (Å²) in [6.07, 6.45) is 2.98. The number of carbonyl (C=O) groups excluding carboxylic acids is 1. The second kappa shape index (κ2) is 9.56. The summed E-state index contributed by atoms with van der Waals surface area (Å²) in [5.74, 6) is 0.475. The summed E-state index contributed by atoms with van der Waals surface area (Å²) in [6, 6.07) is 10.3. The molecule has 1 amide bonds. The normalized spacial score (nSPS) is 10.9. The first-order valence-corrected chi connectivity index (χ1v) is 10.1. The van der Waals surface area contributed by atoms with E-state index in [1.54, 1.807) is 18.5 Å². The first-order valence-electron chi connectivity index (χ1n) is 9.24. The average Bonchev–Trinajstić information content (AvgIpc) is 3.04. The Bertz CT molecular complexity index is 976. The van der Waals surface area contributed by atoms with Crippen LogP contribution in [0.15, 0.2) is 58.7 Å². The number of alkyl carbamates (subject to hydrolysis) is 1. The molecule has 0 aliphatic carbocycles. The van der Waals surface area contributed by atoms with Crippen LogP contribution in [0, 0.1) is 5.82 Å². The van der Waals surface area contributed by atoms with Crippen LogP contribution in [0.4, 0.5) is 9.18 Å². The zero-order valence-electron chi connectivity index (χ0n) is 16.6. The largest absolute Gasteiger partial charge is 0.441 e. The molecule has 2 heterocycles. The zero-order valence-corrected chi connectivity index (χ0v) is 17.4. The molecule has 0 fully saturated rings. The minimum atomic E-state index is -0.522. The Morgan fingerprint density at radius 1 is 1.31 bits per heavy atom. The van der Waals surface area contributed by atoms with Crippen LogP contribution in [0.25, 0.3) is 0 Å². The van der Waals surface area contributed by atoms with Crippen LogP contribution >= 0.6 is 11.8 Å². The quantitative estimate of drug-likeness (QED) is 0.612. The monoisotopic (exact) mass is 414 g/mol. The molecule has 152 valence electrons. The summed E-state index contributed by atoms with van der Waals surface area (Å²) in [7, 11) is 1.51. The minimum absolute atomic E-state index is 0.0311. The molecule has 0 radical (unpaired) electrons. The number of pyridine rings is 1. The van der Waals surface area contributed by atoms with E-state index in [0.717, 1.165) is 21.2 Å². The van der Waals surface area contributed by atoms with Gasteiger partial charge in [0.1, 0.15) is 16.7 Å². The van der Waals surface area contributed by atoms with Crippen molar-refractivity contribution in [2.45, 2.75) is 42.8 Å². The molecule has 0 saturated carbocycles. The van der Waals surface area contributed by atoms with Crippen molar-refractivity contribution >= 4 is 17.9 Å². The number of carbonyl (C=O) groups is 1. The van der Waals surface area contributed by atoms with Crippen molar-refractivity contribution in [2.24, 2.45) is 0 Å². The van der Waals surface area contributed by atoms with Crippen LogP contribution in [0.3, 0.4) is 0 Å². The number of amides is 1. The number of nitrogens with one attached hydrogen (secondary N) is 1. The van der Waals surface area contributed by atoms with Gasteiger partial charge in [0.05, 0.1) is 12.2 Å². The van der Waals surface area contributed by atoms with Gasteiger partial charge in [-0.25, -0.2) is 14.2 Å². The lowest BCUT2D eigenvalue weighted by molar-refractivity contribution is 0.137. The minimum Gasteiger partial charge on any atom is -0.441 e. The van der Waals surface area contributed by atoms with Gasteiger partial charge in [0.2, 0.25) is 0 Å². The second-order valence-electron chi connectivity index (χ2n) is 6.71. The summed E-state index contributed by atoms with van der Waals surface area (Å²) in [5, 5.41) is 3.33. The van der Waals surface area contributed by atoms with Crippen molar-refractivity contribution < 1.29 is 13.9 Å². The molecule has 0 atom stereocenters. The van der Waals surface area contributed by atoms with E-state index in [2.05, 4.69) is 24.1 Å². The summed E-state index contributed by atoms with van der Waals surface area (Å²) in [4.78, 5) is 21.3. The number of rotatable bonds is 7. The summed E-state index contributed by atoms with van der Waals surface area (Å²) in [5.41, 5.74) is 1.86. The molecule has 6 nitrogen and oxygen atoms in total. The van der Waals surface area contributed by atoms with Crippen LogP contribution in [-0.2, 0) is 17.9 Å². The number of nitrogens with zero attached hydrogens (tertiary/aromatic N) is 3. The van der Waals surface area contributed by atoms with Gasteiger partial charge < -0.3 is 14.6 Å². The maximum atomic E-state index is 13.7. The van der Waals surface area contributed by atoms with Gasteiger partial charge in [-0.3, -0.25) is 4.98 Å². The first kappa shape index (κ1) is 20.9. The highest BCUT2D eigenvalue weighted by atomic mass is 32.2. The highest BCUT2D eigenvalue weighted by Crippen LogP contribution is 2.35. The van der Waals surface area contributed by atoms with Gasteiger partial charge in [-0.15, -0.1) is 0 Å². The third-order valence-corrected chi connectivity index (χ3v) is 5.30. The highest BCUT2D eigenvalue weighted by molar-refractivity contribution is 7.99. The number of imidazole rings is 1. The smallest absolute Gasteiger partial charge is 0.407 e. The summed E-state index contributed by atoms with van der Waals surface area (Å²) in [6.45, 7) is 4.65. The fraction of sp³-hybridized carbons (Fsp3) is 0.286. The van der Waals surface area contributed by atoms with Crippen molar-refractivity contribution in [1.29, 1.82) is 0 Å². The number of hydrogen-bond acceptors (Lipinski definition) is 5. The topological polar surface area (TPSA) is 69.0 Å². The van der Waals surface area contributed by atoms with Gasteiger partial charge >= 0.3 is 6.09 Å². The number of halogens is 1. The number of aromatic nitrogens is 3. The van der Waals surface area contributed by atoms with Gasteiger partial charge in [0, 0.05) is 24.3 Å². The standard InChI is InChI=1S/C21H23FN4O2S/c1-14(2)19-20(29-17-8-4-7-16(22)10-17)26(12-15-6-5-9-24-11-15)18(25-19)13-28-21(27)23-3/h4-11,14H,12-13H2,1-3H3,(H,23,27). The molecule has 0 unspecified atom stereocenters. The Morgan fingerprint density at radius 3 is 2.79 bits per heavy atom. The maximum absolute atomic E-state index is 13.7. The Balaban J connectivity index is 2.04. The lowest BCUT2D eigenvalue weighted by Gasteiger charge is -2.13. The van der Waals surface area contributed by atoms with Crippen molar-refractivity contribution in [3.05, 3.63) is 71.7 Å². The summed E-state index contributed by atoms with van der Waals surface area (Å²) < 4.78 is 21.0. The van der Waals surface area contributed by atoms with E-state index >= 15 is 0 Å². The molecular formula is C21H23FN4O2S. The molecule has 0 bridgehead atoms. The molecule has 0 aliphatic rings. The van der Waals surface area contributed by atoms with E-state index in [0.29, 0.717) is 12.4 Å². The Kier molecular flexibility index (Phi) is 6.87. The van der Waals surface area contributed by atoms with Crippen LogP contribution in [-0.4, -0.2) is 27.7 Å². The average molecular weight is 415 g/mol. The van der Waals surface area contributed by atoms with Gasteiger partial charge in [0.25, 0.3) is 0 Å². The molecule has 0 saturated heterocycles. The zero-order chi connectivity index (χ0) is 20.8. The molecule has 1 N–H and O–H groups in total. The van der Waals surface area contributed by atoms with Crippen molar-refractivity contribution in [3.8, 4) is 0 Å². The van der Waals surface area contributed by atoms with Crippen LogP contribution < -0.4 is 5.32 Å². The van der Waals surface area contributed by atoms with Crippen molar-refractivity contribution in [3.63, 3.8) is 0 Å². The van der Waals surface area contributed by atoms with Crippen LogP contribution in [0.1, 0.15) is 36.8 Å². The lowest BCUT2D eigenvalue weighted by atomic mass is 10.1. The van der Waals surface area contributed by atoms with Gasteiger partial charge in [0.15, 0.2) is 6.61 Å². The molecule has 3 rings (SSSR count). The van der Waals surface area contributed by atoms with E-state index in [9.17, 15) is 9.18 Å².